The molecule has 122 valence electrons. The summed E-state index contributed by atoms with van der Waals surface area (Å²) in [4.78, 5) is 11.0. The number of alkyl halides is 3. The molecule has 1 aliphatic carbocycles. The molecule has 1 saturated heterocycles. The van der Waals surface area contributed by atoms with Crippen LogP contribution in [0.2, 0.25) is 0 Å². The number of rotatable bonds is 3. The summed E-state index contributed by atoms with van der Waals surface area (Å²) in [5.41, 5.74) is 0. The fourth-order valence-corrected chi connectivity index (χ4v) is 3.04. The van der Waals surface area contributed by atoms with Crippen molar-refractivity contribution in [2.45, 2.75) is 51.0 Å². The molecule has 22 heavy (non-hydrogen) atoms. The van der Waals surface area contributed by atoms with E-state index in [0.29, 0.717) is 18.7 Å². The minimum Gasteiger partial charge on any atom is -0.356 e. The molecule has 0 radical (unpaired) electrons. The van der Waals surface area contributed by atoms with Gasteiger partial charge in [0.25, 0.3) is 0 Å². The molecule has 3 rings (SSSR count). The molecule has 0 spiro atoms. The second-order valence-electron chi connectivity index (χ2n) is 6.30. The van der Waals surface area contributed by atoms with Gasteiger partial charge in [-0.2, -0.15) is 0 Å². The van der Waals surface area contributed by atoms with Gasteiger partial charge >= 0.3 is 6.36 Å². The summed E-state index contributed by atoms with van der Waals surface area (Å²) in [5.74, 6) is 2.23. The van der Waals surface area contributed by atoms with E-state index < -0.39 is 12.5 Å². The maximum absolute atomic E-state index is 12.1. The lowest BCUT2D eigenvalue weighted by Crippen LogP contribution is -2.36. The van der Waals surface area contributed by atoms with Crippen molar-refractivity contribution in [3.8, 4) is 0 Å². The molecule has 4 nitrogen and oxygen atoms in total. The van der Waals surface area contributed by atoms with Crippen LogP contribution in [-0.2, 0) is 4.74 Å². The van der Waals surface area contributed by atoms with Crippen LogP contribution in [-0.4, -0.2) is 35.5 Å². The maximum Gasteiger partial charge on any atom is 0.522 e. The number of piperidine rings is 1. The number of nitrogens with zero attached hydrogens (tertiary/aromatic N) is 3. The first-order valence-electron chi connectivity index (χ1n) is 7.73. The van der Waals surface area contributed by atoms with Crippen LogP contribution in [0.25, 0.3) is 0 Å². The highest BCUT2D eigenvalue weighted by molar-refractivity contribution is 5.38. The van der Waals surface area contributed by atoms with Crippen molar-refractivity contribution in [1.29, 1.82) is 0 Å². The largest absolute Gasteiger partial charge is 0.522 e. The third-order valence-electron chi connectivity index (χ3n) is 4.53. The molecule has 2 aliphatic rings. The van der Waals surface area contributed by atoms with E-state index >= 15 is 0 Å². The van der Waals surface area contributed by atoms with Gasteiger partial charge in [-0.3, -0.25) is 4.74 Å². The molecular weight excluding hydrogens is 295 g/mol. The van der Waals surface area contributed by atoms with Crippen LogP contribution >= 0.6 is 0 Å². The predicted molar refractivity (Wildman–Crippen MR) is 75.5 cm³/mol. The Balaban J connectivity index is 1.59. The van der Waals surface area contributed by atoms with E-state index in [1.807, 2.05) is 6.07 Å². The van der Waals surface area contributed by atoms with Crippen molar-refractivity contribution in [2.24, 2.45) is 5.92 Å². The van der Waals surface area contributed by atoms with Crippen LogP contribution < -0.4 is 4.90 Å². The molecule has 1 aromatic heterocycles. The average molecular weight is 315 g/mol. The van der Waals surface area contributed by atoms with Crippen molar-refractivity contribution in [2.75, 3.05) is 18.0 Å². The van der Waals surface area contributed by atoms with Crippen molar-refractivity contribution in [3.05, 3.63) is 18.1 Å². The SMILES string of the molecule is CC1CCN(c2ccnc(C3CC(OC(F)(F)F)C3)n2)CC1. The Morgan fingerprint density at radius 1 is 1.23 bits per heavy atom. The number of anilines is 1. The monoisotopic (exact) mass is 315 g/mol. The van der Waals surface area contributed by atoms with Crippen molar-refractivity contribution < 1.29 is 17.9 Å². The first kappa shape index (κ1) is 15.5. The third-order valence-corrected chi connectivity index (χ3v) is 4.53. The van der Waals surface area contributed by atoms with E-state index in [4.69, 9.17) is 0 Å². The summed E-state index contributed by atoms with van der Waals surface area (Å²) >= 11 is 0. The zero-order chi connectivity index (χ0) is 15.7. The van der Waals surface area contributed by atoms with Gasteiger partial charge < -0.3 is 4.90 Å². The van der Waals surface area contributed by atoms with Gasteiger partial charge in [0.15, 0.2) is 0 Å². The Labute approximate surface area is 127 Å². The molecule has 2 fully saturated rings. The summed E-state index contributed by atoms with van der Waals surface area (Å²) < 4.78 is 40.4. The van der Waals surface area contributed by atoms with Crippen LogP contribution in [0.4, 0.5) is 19.0 Å². The predicted octanol–water partition coefficient (Wildman–Crippen LogP) is 3.50. The van der Waals surface area contributed by atoms with Crippen LogP contribution in [0.3, 0.4) is 0 Å². The Hall–Kier alpha value is -1.37. The number of hydrogen-bond donors (Lipinski definition) is 0. The molecule has 1 aromatic rings. The summed E-state index contributed by atoms with van der Waals surface area (Å²) in [6.45, 7) is 4.20. The van der Waals surface area contributed by atoms with E-state index in [2.05, 4.69) is 26.5 Å². The Morgan fingerprint density at radius 2 is 1.91 bits per heavy atom. The fourth-order valence-electron chi connectivity index (χ4n) is 3.04. The maximum atomic E-state index is 12.1. The molecule has 0 amide bonds. The third kappa shape index (κ3) is 3.69. The molecule has 1 saturated carbocycles. The normalized spacial score (nSPS) is 26.8. The van der Waals surface area contributed by atoms with E-state index in [0.717, 1.165) is 37.7 Å². The number of hydrogen-bond acceptors (Lipinski definition) is 4. The molecule has 2 heterocycles. The number of ether oxygens (including phenoxy) is 1. The van der Waals surface area contributed by atoms with Gasteiger partial charge in [0.1, 0.15) is 11.6 Å². The molecule has 0 unspecified atom stereocenters. The zero-order valence-electron chi connectivity index (χ0n) is 12.5. The van der Waals surface area contributed by atoms with Crippen molar-refractivity contribution in [1.82, 2.24) is 9.97 Å². The van der Waals surface area contributed by atoms with Gasteiger partial charge in [0.2, 0.25) is 0 Å². The second kappa shape index (κ2) is 6.02. The lowest BCUT2D eigenvalue weighted by atomic mass is 9.81. The van der Waals surface area contributed by atoms with Gasteiger partial charge in [-0.25, -0.2) is 9.97 Å². The van der Waals surface area contributed by atoms with E-state index in [-0.39, 0.29) is 5.92 Å². The summed E-state index contributed by atoms with van der Waals surface area (Å²) in [6, 6.07) is 1.88. The molecule has 0 N–H and O–H groups in total. The second-order valence-corrected chi connectivity index (χ2v) is 6.30. The topological polar surface area (TPSA) is 38.2 Å². The van der Waals surface area contributed by atoms with Crippen molar-refractivity contribution in [3.63, 3.8) is 0 Å². The highest BCUT2D eigenvalue weighted by atomic mass is 19.4. The van der Waals surface area contributed by atoms with Gasteiger partial charge in [0, 0.05) is 25.2 Å². The van der Waals surface area contributed by atoms with Crippen LogP contribution in [0.1, 0.15) is 44.3 Å². The number of halogens is 3. The first-order valence-corrected chi connectivity index (χ1v) is 7.73. The fraction of sp³-hybridized carbons (Fsp3) is 0.733. The number of aromatic nitrogens is 2. The molecule has 1 aliphatic heterocycles. The minimum absolute atomic E-state index is 0.0315. The molecule has 0 aromatic carbocycles. The lowest BCUT2D eigenvalue weighted by Gasteiger charge is -2.35. The highest BCUT2D eigenvalue weighted by Gasteiger charge is 2.41. The summed E-state index contributed by atoms with van der Waals surface area (Å²) in [7, 11) is 0. The smallest absolute Gasteiger partial charge is 0.356 e. The standard InChI is InChI=1S/C15H20F3N3O/c1-10-3-6-21(7-4-10)13-2-5-19-14(20-13)11-8-12(9-11)22-15(16,17)18/h2,5,10-12H,3-4,6-9H2,1H3. The molecule has 0 atom stereocenters. The van der Waals surface area contributed by atoms with Crippen LogP contribution in [0, 0.1) is 5.92 Å². The van der Waals surface area contributed by atoms with Crippen LogP contribution in [0.5, 0.6) is 0 Å². The first-order chi connectivity index (χ1) is 10.4. The highest BCUT2D eigenvalue weighted by Crippen LogP contribution is 2.40. The van der Waals surface area contributed by atoms with Gasteiger partial charge in [-0.15, -0.1) is 13.2 Å². The summed E-state index contributed by atoms with van der Waals surface area (Å²) in [5, 5.41) is 0. The van der Waals surface area contributed by atoms with Gasteiger partial charge in [0.05, 0.1) is 6.10 Å². The molecule has 0 bridgehead atoms. The van der Waals surface area contributed by atoms with E-state index in [1.54, 1.807) is 6.20 Å². The van der Waals surface area contributed by atoms with Gasteiger partial charge in [-0.05, 0) is 37.7 Å². The Bertz CT molecular complexity index is 509. The van der Waals surface area contributed by atoms with Gasteiger partial charge in [-0.1, -0.05) is 6.92 Å². The average Bonchev–Trinajstić information content (AvgIpc) is 2.42. The molecular formula is C15H20F3N3O. The Kier molecular flexibility index (Phi) is 4.25. The van der Waals surface area contributed by atoms with E-state index in [9.17, 15) is 13.2 Å². The van der Waals surface area contributed by atoms with E-state index in [1.165, 1.54) is 0 Å². The molecule has 7 heteroatoms. The minimum atomic E-state index is -4.55. The Morgan fingerprint density at radius 3 is 2.55 bits per heavy atom. The lowest BCUT2D eigenvalue weighted by molar-refractivity contribution is -0.352. The van der Waals surface area contributed by atoms with Crippen molar-refractivity contribution >= 4 is 5.82 Å². The van der Waals surface area contributed by atoms with Crippen LogP contribution in [0.15, 0.2) is 12.3 Å². The summed E-state index contributed by atoms with van der Waals surface area (Å²) in [6.07, 6.45) is -0.654. The zero-order valence-corrected chi connectivity index (χ0v) is 12.5. The quantitative estimate of drug-likeness (QED) is 0.856.